The Balaban J connectivity index is 1.76. The lowest BCUT2D eigenvalue weighted by Crippen LogP contribution is -2.40. The maximum absolute atomic E-state index is 12.8. The van der Waals surface area contributed by atoms with E-state index in [0.717, 1.165) is 25.7 Å². The van der Waals surface area contributed by atoms with Gasteiger partial charge in [0.15, 0.2) is 0 Å². The molecule has 0 saturated heterocycles. The molecule has 2 aromatic rings. The number of esters is 1. The molecule has 1 N–H and O–H groups in total. The van der Waals surface area contributed by atoms with Crippen molar-refractivity contribution in [2.75, 3.05) is 0 Å². The maximum Gasteiger partial charge on any atom is 0.349 e. The number of amides is 1. The van der Waals surface area contributed by atoms with Gasteiger partial charge < -0.3 is 10.1 Å². The summed E-state index contributed by atoms with van der Waals surface area (Å²) in [6.07, 6.45) is 4.40. The zero-order valence-corrected chi connectivity index (χ0v) is 15.3. The first-order chi connectivity index (χ1) is 12.1. The molecule has 0 aliphatic heterocycles. The lowest BCUT2D eigenvalue weighted by Gasteiger charge is -2.25. The second kappa shape index (κ2) is 8.50. The van der Waals surface area contributed by atoms with Crippen LogP contribution in [0, 0.1) is 0 Å². The third-order valence-corrected chi connectivity index (χ3v) is 5.41. The van der Waals surface area contributed by atoms with Crippen LogP contribution >= 0.6 is 22.9 Å². The molecular formula is C19H20ClNO3S. The van der Waals surface area contributed by atoms with Gasteiger partial charge in [0.1, 0.15) is 4.88 Å². The Morgan fingerprint density at radius 2 is 1.84 bits per heavy atom. The van der Waals surface area contributed by atoms with Gasteiger partial charge in [-0.1, -0.05) is 49.1 Å². The van der Waals surface area contributed by atoms with Gasteiger partial charge in [-0.2, -0.15) is 0 Å². The minimum absolute atomic E-state index is 0.150. The number of benzene rings is 1. The fourth-order valence-corrected chi connectivity index (χ4v) is 3.73. The molecule has 25 heavy (non-hydrogen) atoms. The molecule has 1 aromatic carbocycles. The van der Waals surface area contributed by atoms with Crippen molar-refractivity contribution in [2.24, 2.45) is 0 Å². The van der Waals surface area contributed by atoms with Crippen molar-refractivity contribution in [1.82, 2.24) is 5.32 Å². The van der Waals surface area contributed by atoms with Crippen LogP contribution in [0.25, 0.3) is 0 Å². The standard InChI is InChI=1S/C19H20ClNO3S/c20-14-10-8-13(9-11-14)17(24-19(23)16-7-4-12-25-16)18(22)21-15-5-2-1-3-6-15/h4,7-12,15,17H,1-3,5-6H2,(H,21,22). The second-order valence-electron chi connectivity index (χ2n) is 6.16. The van der Waals surface area contributed by atoms with E-state index in [9.17, 15) is 9.59 Å². The lowest BCUT2D eigenvalue weighted by molar-refractivity contribution is -0.131. The lowest BCUT2D eigenvalue weighted by atomic mass is 9.95. The minimum Gasteiger partial charge on any atom is -0.443 e. The summed E-state index contributed by atoms with van der Waals surface area (Å²) in [5.74, 6) is -0.770. The molecule has 3 rings (SSSR count). The van der Waals surface area contributed by atoms with Crippen LogP contribution in [-0.2, 0) is 9.53 Å². The van der Waals surface area contributed by atoms with Crippen molar-refractivity contribution in [3.05, 3.63) is 57.2 Å². The van der Waals surface area contributed by atoms with Gasteiger partial charge in [-0.05, 0) is 36.4 Å². The van der Waals surface area contributed by atoms with E-state index in [4.69, 9.17) is 16.3 Å². The fraction of sp³-hybridized carbons (Fsp3) is 0.368. The number of carbonyl (C=O) groups is 2. The number of carbonyl (C=O) groups excluding carboxylic acids is 2. The summed E-state index contributed by atoms with van der Waals surface area (Å²) >= 11 is 7.22. The van der Waals surface area contributed by atoms with Crippen molar-refractivity contribution in [3.8, 4) is 0 Å². The fourth-order valence-electron chi connectivity index (χ4n) is 2.99. The number of hydrogen-bond acceptors (Lipinski definition) is 4. The van der Waals surface area contributed by atoms with E-state index >= 15 is 0 Å². The van der Waals surface area contributed by atoms with Crippen LogP contribution in [-0.4, -0.2) is 17.9 Å². The Labute approximate surface area is 156 Å². The summed E-state index contributed by atoms with van der Waals surface area (Å²) in [7, 11) is 0. The molecule has 1 unspecified atom stereocenters. The number of nitrogens with one attached hydrogen (secondary N) is 1. The number of rotatable bonds is 5. The first kappa shape index (κ1) is 18.0. The number of ether oxygens (including phenoxy) is 1. The molecule has 1 aliphatic rings. The zero-order chi connectivity index (χ0) is 17.6. The Morgan fingerprint density at radius 3 is 2.48 bits per heavy atom. The first-order valence-electron chi connectivity index (χ1n) is 8.44. The highest BCUT2D eigenvalue weighted by Gasteiger charge is 2.28. The van der Waals surface area contributed by atoms with Gasteiger partial charge >= 0.3 is 5.97 Å². The average Bonchev–Trinajstić information content (AvgIpc) is 3.16. The minimum atomic E-state index is -0.978. The smallest absolute Gasteiger partial charge is 0.349 e. The molecule has 1 saturated carbocycles. The van der Waals surface area contributed by atoms with Gasteiger partial charge in [0.25, 0.3) is 5.91 Å². The van der Waals surface area contributed by atoms with E-state index in [1.54, 1.807) is 41.8 Å². The third kappa shape index (κ3) is 4.83. The van der Waals surface area contributed by atoms with Crippen molar-refractivity contribution < 1.29 is 14.3 Å². The largest absolute Gasteiger partial charge is 0.443 e. The van der Waals surface area contributed by atoms with E-state index < -0.39 is 12.1 Å². The van der Waals surface area contributed by atoms with Gasteiger partial charge in [-0.3, -0.25) is 4.79 Å². The summed E-state index contributed by atoms with van der Waals surface area (Å²) in [6, 6.07) is 10.4. The molecule has 4 nitrogen and oxygen atoms in total. The monoisotopic (exact) mass is 377 g/mol. The van der Waals surface area contributed by atoms with Gasteiger partial charge in [-0.15, -0.1) is 11.3 Å². The molecule has 1 amide bonds. The molecule has 0 spiro atoms. The average molecular weight is 378 g/mol. The number of halogens is 1. The summed E-state index contributed by atoms with van der Waals surface area (Å²) in [4.78, 5) is 25.6. The molecule has 1 heterocycles. The van der Waals surface area contributed by atoms with Crippen LogP contribution in [0.1, 0.15) is 53.4 Å². The summed E-state index contributed by atoms with van der Waals surface area (Å²) < 4.78 is 5.54. The summed E-state index contributed by atoms with van der Waals surface area (Å²) in [5, 5.41) is 5.41. The molecule has 1 atom stereocenters. The second-order valence-corrected chi connectivity index (χ2v) is 7.54. The van der Waals surface area contributed by atoms with E-state index in [1.807, 2.05) is 0 Å². The van der Waals surface area contributed by atoms with Crippen molar-refractivity contribution in [2.45, 2.75) is 44.2 Å². The third-order valence-electron chi connectivity index (χ3n) is 4.31. The number of hydrogen-bond donors (Lipinski definition) is 1. The predicted octanol–water partition coefficient (Wildman–Crippen LogP) is 4.75. The van der Waals surface area contributed by atoms with Crippen LogP contribution < -0.4 is 5.32 Å². The van der Waals surface area contributed by atoms with Gasteiger partial charge in [0, 0.05) is 16.6 Å². The quantitative estimate of drug-likeness (QED) is 0.765. The SMILES string of the molecule is O=C(OC(C(=O)NC1CCCCC1)c1ccc(Cl)cc1)c1cccs1. The van der Waals surface area contributed by atoms with E-state index in [-0.39, 0.29) is 11.9 Å². The highest BCUT2D eigenvalue weighted by Crippen LogP contribution is 2.24. The molecule has 1 fully saturated rings. The van der Waals surface area contributed by atoms with E-state index in [0.29, 0.717) is 15.5 Å². The molecule has 0 bridgehead atoms. The molecule has 1 aromatic heterocycles. The Morgan fingerprint density at radius 1 is 1.12 bits per heavy atom. The Hall–Kier alpha value is -1.85. The van der Waals surface area contributed by atoms with Crippen molar-refractivity contribution in [3.63, 3.8) is 0 Å². The first-order valence-corrected chi connectivity index (χ1v) is 9.69. The van der Waals surface area contributed by atoms with Gasteiger partial charge in [0.2, 0.25) is 6.10 Å². The molecular weight excluding hydrogens is 358 g/mol. The van der Waals surface area contributed by atoms with Crippen molar-refractivity contribution in [1.29, 1.82) is 0 Å². The predicted molar refractivity (Wildman–Crippen MR) is 98.9 cm³/mol. The zero-order valence-electron chi connectivity index (χ0n) is 13.7. The Kier molecular flexibility index (Phi) is 6.10. The van der Waals surface area contributed by atoms with E-state index in [2.05, 4.69) is 5.32 Å². The highest BCUT2D eigenvalue weighted by molar-refractivity contribution is 7.11. The summed E-state index contributed by atoms with van der Waals surface area (Å²) in [5.41, 5.74) is 0.614. The van der Waals surface area contributed by atoms with Crippen LogP contribution in [0.3, 0.4) is 0 Å². The highest BCUT2D eigenvalue weighted by atomic mass is 35.5. The van der Waals surface area contributed by atoms with Crippen LogP contribution in [0.15, 0.2) is 41.8 Å². The topological polar surface area (TPSA) is 55.4 Å². The van der Waals surface area contributed by atoms with Gasteiger partial charge in [0.05, 0.1) is 0 Å². The van der Waals surface area contributed by atoms with Crippen molar-refractivity contribution >= 4 is 34.8 Å². The molecule has 6 heteroatoms. The normalized spacial score (nSPS) is 16.2. The number of thiophene rings is 1. The summed E-state index contributed by atoms with van der Waals surface area (Å²) in [6.45, 7) is 0. The molecule has 132 valence electrons. The Bertz CT molecular complexity index is 709. The molecule has 1 aliphatic carbocycles. The van der Waals surface area contributed by atoms with Gasteiger partial charge in [-0.25, -0.2) is 4.79 Å². The van der Waals surface area contributed by atoms with E-state index in [1.165, 1.54) is 17.8 Å². The molecule has 0 radical (unpaired) electrons. The maximum atomic E-state index is 12.8. The van der Waals surface area contributed by atoms with Crippen LogP contribution in [0.4, 0.5) is 0 Å². The van der Waals surface area contributed by atoms with Crippen LogP contribution in [0.2, 0.25) is 5.02 Å². The van der Waals surface area contributed by atoms with Crippen LogP contribution in [0.5, 0.6) is 0 Å².